The van der Waals surface area contributed by atoms with Gasteiger partial charge in [0, 0.05) is 27.5 Å². The number of hydrogen-bond donors (Lipinski definition) is 0. The molecule has 1 aliphatic rings. The van der Waals surface area contributed by atoms with Gasteiger partial charge in [-0.25, -0.2) is 0 Å². The van der Waals surface area contributed by atoms with Gasteiger partial charge >= 0.3 is 0 Å². The van der Waals surface area contributed by atoms with Crippen LogP contribution in [-0.4, -0.2) is 20.0 Å². The van der Waals surface area contributed by atoms with Crippen LogP contribution in [0.3, 0.4) is 0 Å². The van der Waals surface area contributed by atoms with Crippen LogP contribution in [0.25, 0.3) is 21.5 Å². The van der Waals surface area contributed by atoms with E-state index < -0.39 is 5.41 Å². The van der Waals surface area contributed by atoms with Crippen LogP contribution < -0.4 is 14.2 Å². The average molecular weight is 475 g/mol. The summed E-state index contributed by atoms with van der Waals surface area (Å²) in [7, 11) is 3.34. The van der Waals surface area contributed by atoms with Crippen molar-refractivity contribution in [1.29, 1.82) is 0 Å². The second-order valence-corrected chi connectivity index (χ2v) is 9.39. The summed E-state index contributed by atoms with van der Waals surface area (Å²) in [4.78, 5) is 12.8. The molecule has 1 heterocycles. The third-order valence-electron chi connectivity index (χ3n) is 7.48. The second-order valence-electron chi connectivity index (χ2n) is 9.39. The molecule has 36 heavy (non-hydrogen) atoms. The van der Waals surface area contributed by atoms with Crippen molar-refractivity contribution in [1.82, 2.24) is 0 Å². The molecule has 5 aromatic rings. The highest BCUT2D eigenvalue weighted by Gasteiger charge is 2.42. The molecule has 178 valence electrons. The minimum Gasteiger partial charge on any atom is -0.497 e. The predicted molar refractivity (Wildman–Crippen MR) is 143 cm³/mol. The van der Waals surface area contributed by atoms with Crippen molar-refractivity contribution >= 4 is 27.3 Å². The van der Waals surface area contributed by atoms with Crippen molar-refractivity contribution in [3.05, 3.63) is 107 Å². The van der Waals surface area contributed by atoms with Gasteiger partial charge in [0.1, 0.15) is 23.0 Å². The zero-order valence-electron chi connectivity index (χ0n) is 20.7. The fourth-order valence-electron chi connectivity index (χ4n) is 5.58. The normalized spacial score (nSPS) is 13.6. The van der Waals surface area contributed by atoms with Crippen LogP contribution in [0.15, 0.2) is 84.9 Å². The van der Waals surface area contributed by atoms with Crippen molar-refractivity contribution in [2.75, 3.05) is 14.2 Å². The molecule has 0 saturated heterocycles. The molecule has 6 rings (SSSR count). The maximum Gasteiger partial charge on any atom is 0.160 e. The highest BCUT2D eigenvalue weighted by molar-refractivity contribution is 5.99. The molecule has 0 bridgehead atoms. The highest BCUT2D eigenvalue weighted by atomic mass is 16.5. The number of methoxy groups -OCH3 is 2. The summed E-state index contributed by atoms with van der Waals surface area (Å²) in [6.45, 7) is 3.82. The molecule has 4 heteroatoms. The fraction of sp³-hybridized carbons (Fsp3) is 0.156. The Hall–Kier alpha value is -4.31. The zero-order chi connectivity index (χ0) is 25.0. The van der Waals surface area contributed by atoms with E-state index in [9.17, 15) is 4.79 Å². The van der Waals surface area contributed by atoms with E-state index in [1.54, 1.807) is 21.1 Å². The van der Waals surface area contributed by atoms with E-state index in [1.165, 1.54) is 0 Å². The molecule has 0 saturated carbocycles. The van der Waals surface area contributed by atoms with E-state index in [4.69, 9.17) is 14.2 Å². The van der Waals surface area contributed by atoms with Gasteiger partial charge < -0.3 is 14.2 Å². The van der Waals surface area contributed by atoms with Gasteiger partial charge in [0.2, 0.25) is 0 Å². The van der Waals surface area contributed by atoms with Crippen LogP contribution in [-0.2, 0) is 5.41 Å². The Morgan fingerprint density at radius 3 is 1.72 bits per heavy atom. The van der Waals surface area contributed by atoms with E-state index in [1.807, 2.05) is 54.6 Å². The first-order valence-corrected chi connectivity index (χ1v) is 12.0. The molecule has 0 N–H and O–H groups in total. The molecular formula is C32H26O4. The first-order valence-electron chi connectivity index (χ1n) is 12.0. The van der Waals surface area contributed by atoms with Crippen molar-refractivity contribution < 1.29 is 19.0 Å². The lowest BCUT2D eigenvalue weighted by Crippen LogP contribution is -2.31. The van der Waals surface area contributed by atoms with Crippen molar-refractivity contribution in [2.24, 2.45) is 0 Å². The van der Waals surface area contributed by atoms with Gasteiger partial charge in [0.25, 0.3) is 0 Å². The maximum absolute atomic E-state index is 12.8. The molecule has 0 aromatic heterocycles. The molecule has 0 radical (unpaired) electrons. The lowest BCUT2D eigenvalue weighted by molar-refractivity contribution is 0.101. The lowest BCUT2D eigenvalue weighted by atomic mass is 9.67. The minimum absolute atomic E-state index is 0.0393. The molecule has 1 aliphatic heterocycles. The summed E-state index contributed by atoms with van der Waals surface area (Å²) < 4.78 is 17.7. The van der Waals surface area contributed by atoms with E-state index in [2.05, 4.69) is 37.3 Å². The summed E-state index contributed by atoms with van der Waals surface area (Å²) in [6, 6.07) is 28.4. The van der Waals surface area contributed by atoms with Gasteiger partial charge in [-0.2, -0.15) is 0 Å². The van der Waals surface area contributed by atoms with Crippen LogP contribution in [0.4, 0.5) is 0 Å². The average Bonchev–Trinajstić information content (AvgIpc) is 2.92. The molecule has 0 fully saturated rings. The Bertz CT molecular complexity index is 1590. The van der Waals surface area contributed by atoms with Gasteiger partial charge in [0.05, 0.1) is 19.6 Å². The summed E-state index contributed by atoms with van der Waals surface area (Å²) in [6.07, 6.45) is 0. The largest absolute Gasteiger partial charge is 0.497 e. The Morgan fingerprint density at radius 2 is 1.22 bits per heavy atom. The molecular weight excluding hydrogens is 448 g/mol. The van der Waals surface area contributed by atoms with Crippen LogP contribution >= 0.6 is 0 Å². The van der Waals surface area contributed by atoms with Crippen LogP contribution in [0.2, 0.25) is 0 Å². The fourth-order valence-corrected chi connectivity index (χ4v) is 5.58. The number of rotatable bonds is 4. The predicted octanol–water partition coefficient (Wildman–Crippen LogP) is 7.67. The molecule has 0 atom stereocenters. The summed E-state index contributed by atoms with van der Waals surface area (Å²) in [5.41, 5.74) is 3.10. The Morgan fingerprint density at radius 1 is 0.694 bits per heavy atom. The number of benzene rings is 5. The van der Waals surface area contributed by atoms with E-state index in [0.717, 1.165) is 61.2 Å². The van der Waals surface area contributed by atoms with E-state index in [0.29, 0.717) is 5.56 Å². The van der Waals surface area contributed by atoms with Crippen LogP contribution in [0, 0.1) is 0 Å². The quantitative estimate of drug-likeness (QED) is 0.251. The number of carbonyl (C=O) groups is 1. The summed E-state index contributed by atoms with van der Waals surface area (Å²) in [5.74, 6) is 3.22. The molecule has 0 amide bonds. The van der Waals surface area contributed by atoms with E-state index >= 15 is 0 Å². The van der Waals surface area contributed by atoms with Crippen LogP contribution in [0.1, 0.15) is 40.9 Å². The zero-order valence-corrected chi connectivity index (χ0v) is 20.7. The lowest BCUT2D eigenvalue weighted by Gasteiger charge is -2.40. The van der Waals surface area contributed by atoms with Crippen LogP contribution in [0.5, 0.6) is 23.0 Å². The Kier molecular flexibility index (Phi) is 5.01. The summed E-state index contributed by atoms with van der Waals surface area (Å²) >= 11 is 0. The SMILES string of the molecule is COc1ccc2c3c(ccc2c1)C(C)(c1ccccc1C(C)=O)c1ccc2cc(OC)ccc2c1O3. The van der Waals surface area contributed by atoms with Crippen molar-refractivity contribution in [2.45, 2.75) is 19.3 Å². The summed E-state index contributed by atoms with van der Waals surface area (Å²) in [5, 5.41) is 4.05. The number of ketones is 1. The Balaban J connectivity index is 1.74. The van der Waals surface area contributed by atoms with Gasteiger partial charge in [-0.1, -0.05) is 48.5 Å². The third-order valence-corrected chi connectivity index (χ3v) is 7.48. The number of ether oxygens (including phenoxy) is 3. The third kappa shape index (κ3) is 3.11. The first kappa shape index (κ1) is 22.2. The molecule has 0 spiro atoms. The number of hydrogen-bond acceptors (Lipinski definition) is 4. The molecule has 0 aliphatic carbocycles. The maximum atomic E-state index is 12.8. The minimum atomic E-state index is -0.618. The van der Waals surface area contributed by atoms with Crippen molar-refractivity contribution in [3.8, 4) is 23.0 Å². The number of fused-ring (bicyclic) bond motifs is 6. The molecule has 5 aromatic carbocycles. The monoisotopic (exact) mass is 474 g/mol. The number of Topliss-reactive ketones (excluding diaryl/α,β-unsaturated/α-hetero) is 1. The number of carbonyl (C=O) groups excluding carboxylic acids is 1. The highest BCUT2D eigenvalue weighted by Crippen LogP contribution is 2.56. The topological polar surface area (TPSA) is 44.8 Å². The van der Waals surface area contributed by atoms with Gasteiger partial charge in [-0.05, 0) is 66.6 Å². The smallest absolute Gasteiger partial charge is 0.160 e. The Labute approximate surface area is 210 Å². The first-order chi connectivity index (χ1) is 17.5. The van der Waals surface area contributed by atoms with E-state index in [-0.39, 0.29) is 5.78 Å². The molecule has 4 nitrogen and oxygen atoms in total. The molecule has 0 unspecified atom stereocenters. The van der Waals surface area contributed by atoms with Gasteiger partial charge in [-0.3, -0.25) is 4.79 Å². The second kappa shape index (κ2) is 8.13. The van der Waals surface area contributed by atoms with Gasteiger partial charge in [0.15, 0.2) is 5.78 Å². The standard InChI is InChI=1S/C32H26O4/c1-19(33)24-7-5-6-8-27(24)32(2)28-15-9-20-17-22(34-3)11-13-25(20)30(28)36-31-26-14-12-23(35-4)18-21(26)10-16-29(31)32/h5-18H,1-4H3. The van der Waals surface area contributed by atoms with Gasteiger partial charge in [-0.15, -0.1) is 0 Å². The van der Waals surface area contributed by atoms with Crippen molar-refractivity contribution in [3.63, 3.8) is 0 Å².